The van der Waals surface area contributed by atoms with Crippen molar-refractivity contribution in [3.8, 4) is 5.88 Å². The van der Waals surface area contributed by atoms with E-state index in [1.54, 1.807) is 13.2 Å². The Morgan fingerprint density at radius 1 is 1.64 bits per heavy atom. The first-order chi connectivity index (χ1) is 5.15. The molecule has 4 nitrogen and oxygen atoms in total. The molecular weight excluding hydrogens is 144 g/mol. The zero-order valence-electron chi connectivity index (χ0n) is 6.79. The third kappa shape index (κ3) is 1.39. The van der Waals surface area contributed by atoms with Crippen molar-refractivity contribution in [2.24, 2.45) is 7.05 Å². The lowest BCUT2D eigenvalue weighted by atomic mass is 10.4. The van der Waals surface area contributed by atoms with Gasteiger partial charge in [0.1, 0.15) is 0 Å². The molecule has 1 rings (SSSR count). The van der Waals surface area contributed by atoms with Crippen molar-refractivity contribution in [1.29, 1.82) is 0 Å². The van der Waals surface area contributed by atoms with Crippen LogP contribution in [0.25, 0.3) is 0 Å². The molecule has 0 aliphatic rings. The first kappa shape index (κ1) is 7.78. The summed E-state index contributed by atoms with van der Waals surface area (Å²) in [5.74, 6) is 0.396. The van der Waals surface area contributed by atoms with Crippen molar-refractivity contribution in [2.45, 2.75) is 6.92 Å². The molecule has 0 fully saturated rings. The smallest absolute Gasteiger partial charge is 0.350 e. The monoisotopic (exact) mass is 154 g/mol. The van der Waals surface area contributed by atoms with Crippen LogP contribution in [-0.2, 0) is 7.05 Å². The van der Waals surface area contributed by atoms with Crippen LogP contribution in [0.15, 0.2) is 11.0 Å². The van der Waals surface area contributed by atoms with Gasteiger partial charge in [0.15, 0.2) is 0 Å². The van der Waals surface area contributed by atoms with E-state index in [1.165, 1.54) is 11.7 Å². The van der Waals surface area contributed by atoms with Gasteiger partial charge in [0, 0.05) is 18.8 Å². The Hall–Kier alpha value is -1.32. The summed E-state index contributed by atoms with van der Waals surface area (Å²) in [6.45, 7) is 1.84. The van der Waals surface area contributed by atoms with Crippen LogP contribution < -0.4 is 10.4 Å². The summed E-state index contributed by atoms with van der Waals surface area (Å²) >= 11 is 0. The first-order valence-corrected chi connectivity index (χ1v) is 3.23. The lowest BCUT2D eigenvalue weighted by Crippen LogP contribution is -2.20. The molecule has 0 bridgehead atoms. The molecule has 0 spiro atoms. The van der Waals surface area contributed by atoms with E-state index in [0.717, 1.165) is 5.56 Å². The molecular formula is C7H10N2O2. The maximum atomic E-state index is 10.9. The second-order valence-corrected chi connectivity index (χ2v) is 2.33. The number of hydrogen-bond acceptors (Lipinski definition) is 3. The fourth-order valence-corrected chi connectivity index (χ4v) is 0.861. The fourth-order valence-electron chi connectivity index (χ4n) is 0.861. The van der Waals surface area contributed by atoms with Crippen LogP contribution in [0.1, 0.15) is 5.56 Å². The fraction of sp³-hybridized carbons (Fsp3) is 0.429. The van der Waals surface area contributed by atoms with Crippen LogP contribution in [0.5, 0.6) is 5.88 Å². The molecule has 11 heavy (non-hydrogen) atoms. The molecule has 0 radical (unpaired) electrons. The van der Waals surface area contributed by atoms with E-state index in [1.807, 2.05) is 6.92 Å². The topological polar surface area (TPSA) is 44.1 Å². The Morgan fingerprint density at radius 3 is 2.82 bits per heavy atom. The summed E-state index contributed by atoms with van der Waals surface area (Å²) in [4.78, 5) is 14.6. The van der Waals surface area contributed by atoms with Gasteiger partial charge in [0.2, 0.25) is 5.88 Å². The van der Waals surface area contributed by atoms with E-state index < -0.39 is 0 Å². The Bertz CT molecular complexity index is 317. The Balaban J connectivity index is 3.32. The second kappa shape index (κ2) is 2.74. The van der Waals surface area contributed by atoms with Crippen LogP contribution in [0.4, 0.5) is 0 Å². The molecule has 1 heterocycles. The molecule has 0 saturated carbocycles. The van der Waals surface area contributed by atoms with Gasteiger partial charge in [-0.15, -0.1) is 0 Å². The van der Waals surface area contributed by atoms with Crippen LogP contribution in [0.2, 0.25) is 0 Å². The second-order valence-electron chi connectivity index (χ2n) is 2.33. The van der Waals surface area contributed by atoms with Crippen LogP contribution in [0, 0.1) is 6.92 Å². The minimum atomic E-state index is -0.299. The predicted molar refractivity (Wildman–Crippen MR) is 40.8 cm³/mol. The van der Waals surface area contributed by atoms with E-state index in [4.69, 9.17) is 4.74 Å². The van der Waals surface area contributed by atoms with Crippen LogP contribution in [-0.4, -0.2) is 16.7 Å². The van der Waals surface area contributed by atoms with E-state index in [9.17, 15) is 4.79 Å². The summed E-state index contributed by atoms with van der Waals surface area (Å²) in [7, 11) is 3.15. The number of ether oxygens (including phenoxy) is 1. The molecule has 0 aliphatic carbocycles. The van der Waals surface area contributed by atoms with Gasteiger partial charge in [-0.2, -0.15) is 4.98 Å². The van der Waals surface area contributed by atoms with Crippen molar-refractivity contribution in [2.75, 3.05) is 7.11 Å². The van der Waals surface area contributed by atoms with Crippen molar-refractivity contribution >= 4 is 0 Å². The number of methoxy groups -OCH3 is 1. The summed E-state index contributed by atoms with van der Waals surface area (Å²) in [5.41, 5.74) is 0.557. The molecule has 0 unspecified atom stereocenters. The molecule has 0 saturated heterocycles. The quantitative estimate of drug-likeness (QED) is 0.576. The highest BCUT2D eigenvalue weighted by Crippen LogP contribution is 2.07. The van der Waals surface area contributed by atoms with Crippen LogP contribution >= 0.6 is 0 Å². The molecule has 0 N–H and O–H groups in total. The minimum Gasteiger partial charge on any atom is -0.481 e. The molecule has 0 amide bonds. The number of aromatic nitrogens is 2. The number of hydrogen-bond donors (Lipinski definition) is 0. The zero-order valence-corrected chi connectivity index (χ0v) is 6.79. The molecule has 0 aliphatic heterocycles. The third-order valence-corrected chi connectivity index (χ3v) is 1.42. The van der Waals surface area contributed by atoms with Gasteiger partial charge in [-0.1, -0.05) is 0 Å². The summed E-state index contributed by atoms with van der Waals surface area (Å²) in [6.07, 6.45) is 1.69. The SMILES string of the molecule is COc1nc(=O)n(C)cc1C. The average molecular weight is 154 g/mol. The minimum absolute atomic E-state index is 0.299. The van der Waals surface area contributed by atoms with Crippen molar-refractivity contribution in [3.05, 3.63) is 22.2 Å². The summed E-state index contributed by atoms with van der Waals surface area (Å²) < 4.78 is 6.27. The zero-order chi connectivity index (χ0) is 8.43. The largest absolute Gasteiger partial charge is 0.481 e. The van der Waals surface area contributed by atoms with Crippen LogP contribution in [0.3, 0.4) is 0 Å². The average Bonchev–Trinajstić information content (AvgIpc) is 1.97. The Kier molecular flexibility index (Phi) is 1.94. The summed E-state index contributed by atoms with van der Waals surface area (Å²) in [6, 6.07) is 0. The lowest BCUT2D eigenvalue weighted by molar-refractivity contribution is 0.389. The van der Waals surface area contributed by atoms with Crippen molar-refractivity contribution in [1.82, 2.24) is 9.55 Å². The molecule has 60 valence electrons. The molecule has 1 aromatic heterocycles. The van der Waals surface area contributed by atoms with Gasteiger partial charge >= 0.3 is 5.69 Å². The molecule has 4 heteroatoms. The number of nitrogens with zero attached hydrogens (tertiary/aromatic N) is 2. The van der Waals surface area contributed by atoms with E-state index >= 15 is 0 Å². The normalized spacial score (nSPS) is 9.73. The van der Waals surface area contributed by atoms with Gasteiger partial charge in [0.25, 0.3) is 0 Å². The highest BCUT2D eigenvalue weighted by atomic mass is 16.5. The third-order valence-electron chi connectivity index (χ3n) is 1.42. The molecule has 1 aromatic rings. The van der Waals surface area contributed by atoms with Gasteiger partial charge < -0.3 is 9.30 Å². The van der Waals surface area contributed by atoms with Crippen molar-refractivity contribution in [3.63, 3.8) is 0 Å². The number of rotatable bonds is 1. The van der Waals surface area contributed by atoms with E-state index in [2.05, 4.69) is 4.98 Å². The predicted octanol–water partition coefficient (Wildman–Crippen LogP) is 0.0973. The Labute approximate surface area is 64.5 Å². The highest BCUT2D eigenvalue weighted by molar-refractivity contribution is 5.19. The molecule has 0 aromatic carbocycles. The van der Waals surface area contributed by atoms with Gasteiger partial charge in [-0.3, -0.25) is 0 Å². The first-order valence-electron chi connectivity index (χ1n) is 3.23. The highest BCUT2D eigenvalue weighted by Gasteiger charge is 2.00. The van der Waals surface area contributed by atoms with E-state index in [-0.39, 0.29) is 5.69 Å². The van der Waals surface area contributed by atoms with Gasteiger partial charge in [-0.25, -0.2) is 4.79 Å². The lowest BCUT2D eigenvalue weighted by Gasteiger charge is -2.02. The Morgan fingerprint density at radius 2 is 2.27 bits per heavy atom. The standard InChI is InChI=1S/C7H10N2O2/c1-5-4-9(2)7(10)8-6(5)11-3/h4H,1-3H3. The maximum absolute atomic E-state index is 10.9. The van der Waals surface area contributed by atoms with Gasteiger partial charge in [0.05, 0.1) is 7.11 Å². The number of aryl methyl sites for hydroxylation is 2. The van der Waals surface area contributed by atoms with E-state index in [0.29, 0.717) is 5.88 Å². The molecule has 0 atom stereocenters. The van der Waals surface area contributed by atoms with Gasteiger partial charge in [-0.05, 0) is 6.92 Å². The maximum Gasteiger partial charge on any atom is 0.350 e. The summed E-state index contributed by atoms with van der Waals surface area (Å²) in [5, 5.41) is 0. The van der Waals surface area contributed by atoms with Crippen molar-refractivity contribution < 1.29 is 4.74 Å².